The first-order valence-corrected chi connectivity index (χ1v) is 11.6. The molecule has 2 N–H and O–H groups in total. The van der Waals surface area contributed by atoms with E-state index in [0.29, 0.717) is 47.5 Å². The molecule has 9 heteroatoms. The average Bonchev–Trinajstić information content (AvgIpc) is 2.71. The number of halogens is 3. The van der Waals surface area contributed by atoms with Crippen LogP contribution in [0.15, 0.2) is 34.8 Å². The van der Waals surface area contributed by atoms with E-state index < -0.39 is 34.9 Å². The van der Waals surface area contributed by atoms with Crippen molar-refractivity contribution in [2.24, 2.45) is 0 Å². The summed E-state index contributed by atoms with van der Waals surface area (Å²) in [5.41, 5.74) is -1.03. The quantitative estimate of drug-likeness (QED) is 0.532. The van der Waals surface area contributed by atoms with Crippen LogP contribution in [-0.2, 0) is 11.2 Å². The lowest BCUT2D eigenvalue weighted by molar-refractivity contribution is -0.0262. The number of hydrogen-bond donors (Lipinski definition) is 2. The number of nitrogens with zero attached hydrogens (tertiary/aromatic N) is 2. The molecule has 1 fully saturated rings. The minimum absolute atomic E-state index is 0.0119. The largest absolute Gasteiger partial charge is 0.465 e. The molecule has 182 valence electrons. The highest BCUT2D eigenvalue weighted by atomic mass is 79.9. The average molecular weight is 537 g/mol. The number of rotatable bonds is 4. The predicted molar refractivity (Wildman–Crippen MR) is 126 cm³/mol. The van der Waals surface area contributed by atoms with E-state index in [4.69, 9.17) is 4.74 Å². The fourth-order valence-corrected chi connectivity index (χ4v) is 4.41. The molecule has 1 atom stereocenters. The summed E-state index contributed by atoms with van der Waals surface area (Å²) in [5, 5.41) is 20.7. The Kier molecular flexibility index (Phi) is 7.96. The Morgan fingerprint density at radius 1 is 1.24 bits per heavy atom. The van der Waals surface area contributed by atoms with Gasteiger partial charge < -0.3 is 14.9 Å². The first kappa shape index (κ1) is 26.1. The van der Waals surface area contributed by atoms with Gasteiger partial charge in [0.15, 0.2) is 0 Å². The van der Waals surface area contributed by atoms with Gasteiger partial charge in [-0.2, -0.15) is 0 Å². The van der Waals surface area contributed by atoms with Gasteiger partial charge in [0.2, 0.25) is 0 Å². The van der Waals surface area contributed by atoms with Gasteiger partial charge in [-0.05, 0) is 78.9 Å². The maximum atomic E-state index is 13.9. The van der Waals surface area contributed by atoms with Gasteiger partial charge in [0.1, 0.15) is 22.9 Å². The van der Waals surface area contributed by atoms with E-state index in [1.165, 1.54) is 17.0 Å². The first-order chi connectivity index (χ1) is 15.9. The molecule has 0 saturated carbocycles. The van der Waals surface area contributed by atoms with Crippen LogP contribution in [0.1, 0.15) is 56.6 Å². The Bertz CT molecular complexity index is 1100. The van der Waals surface area contributed by atoms with Crippen LogP contribution in [-0.4, -0.2) is 50.5 Å². The van der Waals surface area contributed by atoms with Gasteiger partial charge in [0, 0.05) is 28.9 Å². The van der Waals surface area contributed by atoms with E-state index in [9.17, 15) is 23.8 Å². The second-order valence-corrected chi connectivity index (χ2v) is 10.1. The van der Waals surface area contributed by atoms with Gasteiger partial charge >= 0.3 is 6.09 Å². The lowest BCUT2D eigenvalue weighted by Gasteiger charge is -2.39. The van der Waals surface area contributed by atoms with Crippen LogP contribution in [0.5, 0.6) is 0 Å². The van der Waals surface area contributed by atoms with E-state index in [1.807, 2.05) is 0 Å². The van der Waals surface area contributed by atoms with Crippen molar-refractivity contribution < 1.29 is 28.5 Å². The highest BCUT2D eigenvalue weighted by molar-refractivity contribution is 9.10. The number of carboxylic acid groups (broad SMARTS) is 1. The van der Waals surface area contributed by atoms with Crippen LogP contribution in [0.2, 0.25) is 0 Å². The zero-order valence-corrected chi connectivity index (χ0v) is 20.8. The van der Waals surface area contributed by atoms with Crippen LogP contribution >= 0.6 is 15.9 Å². The summed E-state index contributed by atoms with van der Waals surface area (Å²) >= 11 is 3.45. The smallest absolute Gasteiger partial charge is 0.408 e. The molecule has 0 bridgehead atoms. The second kappa shape index (κ2) is 10.4. The summed E-state index contributed by atoms with van der Waals surface area (Å²) in [4.78, 5) is 18.1. The Morgan fingerprint density at radius 2 is 1.85 bits per heavy atom. The van der Waals surface area contributed by atoms with Gasteiger partial charge in [-0.25, -0.2) is 18.6 Å². The minimum Gasteiger partial charge on any atom is -0.465 e. The molecule has 0 unspecified atom stereocenters. The maximum Gasteiger partial charge on any atom is 0.408 e. The van der Waals surface area contributed by atoms with Crippen molar-refractivity contribution in [2.75, 3.05) is 13.2 Å². The van der Waals surface area contributed by atoms with Gasteiger partial charge in [0.05, 0.1) is 24.9 Å². The first-order valence-electron chi connectivity index (χ1n) is 10.8. The van der Waals surface area contributed by atoms with E-state index in [0.717, 1.165) is 6.07 Å². The van der Waals surface area contributed by atoms with Gasteiger partial charge in [-0.1, -0.05) is 5.92 Å². The van der Waals surface area contributed by atoms with Gasteiger partial charge in [-0.3, -0.25) is 4.90 Å². The fourth-order valence-electron chi connectivity index (χ4n) is 3.93. The lowest BCUT2D eigenvalue weighted by atomic mass is 9.94. The molecule has 0 aliphatic carbocycles. The SMILES string of the molecule is CC(C)(C)N(C(=O)O)[C@@H](Cc1cc(F)cc(F)c1)c1nc(C#CC2(O)CCOCC2)ccc1Br. The number of aromatic nitrogens is 1. The van der Waals surface area contributed by atoms with Crippen molar-refractivity contribution >= 4 is 22.0 Å². The van der Waals surface area contributed by atoms with Crippen LogP contribution in [0.4, 0.5) is 13.6 Å². The number of ether oxygens (including phenoxy) is 1. The highest BCUT2D eigenvalue weighted by Gasteiger charge is 2.36. The predicted octanol–water partition coefficient (Wildman–Crippen LogP) is 5.08. The standard InChI is InChI=1S/C25H27BrF2N2O4/c1-24(2,3)30(23(31)32)21(14-16-12-17(27)15-18(28)13-16)22-20(26)5-4-19(29-22)6-7-25(33)8-10-34-11-9-25/h4-5,12-13,15,21,33H,8-11,14H2,1-3H3,(H,31,32)/t21-/m0/s1. The van der Waals surface area contributed by atoms with Crippen LogP contribution in [0.3, 0.4) is 0 Å². The summed E-state index contributed by atoms with van der Waals surface area (Å²) in [6, 6.07) is 5.60. The van der Waals surface area contributed by atoms with Crippen molar-refractivity contribution in [1.82, 2.24) is 9.88 Å². The molecule has 1 aromatic carbocycles. The Labute approximate surface area is 206 Å². The molecular formula is C25H27BrF2N2O4. The normalized spacial score (nSPS) is 16.3. The molecule has 1 aliphatic heterocycles. The number of carbonyl (C=O) groups is 1. The number of amides is 1. The summed E-state index contributed by atoms with van der Waals surface area (Å²) < 4.78 is 33.6. The van der Waals surface area contributed by atoms with E-state index >= 15 is 0 Å². The third-order valence-electron chi connectivity index (χ3n) is 5.52. The Hall–Kier alpha value is -2.54. The Balaban J connectivity index is 2.08. The van der Waals surface area contributed by atoms with Crippen molar-refractivity contribution in [3.05, 3.63) is 63.4 Å². The molecule has 2 aromatic rings. The summed E-state index contributed by atoms with van der Waals surface area (Å²) in [6.07, 6.45) is -0.444. The number of benzene rings is 1. The van der Waals surface area contributed by atoms with Crippen LogP contribution < -0.4 is 0 Å². The monoisotopic (exact) mass is 536 g/mol. The van der Waals surface area contributed by atoms with Crippen molar-refractivity contribution in [3.63, 3.8) is 0 Å². The van der Waals surface area contributed by atoms with E-state index in [-0.39, 0.29) is 6.42 Å². The molecule has 0 spiro atoms. The topological polar surface area (TPSA) is 82.9 Å². The molecule has 1 amide bonds. The second-order valence-electron chi connectivity index (χ2n) is 9.28. The third-order valence-corrected chi connectivity index (χ3v) is 6.19. The zero-order valence-electron chi connectivity index (χ0n) is 19.2. The molecule has 6 nitrogen and oxygen atoms in total. The molecule has 3 rings (SSSR count). The van der Waals surface area contributed by atoms with Crippen molar-refractivity contribution in [2.45, 2.75) is 57.2 Å². The van der Waals surface area contributed by atoms with E-state index in [1.54, 1.807) is 32.9 Å². The van der Waals surface area contributed by atoms with Crippen molar-refractivity contribution in [3.8, 4) is 11.8 Å². The molecular weight excluding hydrogens is 510 g/mol. The molecule has 34 heavy (non-hydrogen) atoms. The molecule has 2 heterocycles. The number of hydrogen-bond acceptors (Lipinski definition) is 4. The van der Waals surface area contributed by atoms with Crippen LogP contribution in [0.25, 0.3) is 0 Å². The summed E-state index contributed by atoms with van der Waals surface area (Å²) in [7, 11) is 0. The maximum absolute atomic E-state index is 13.9. The summed E-state index contributed by atoms with van der Waals surface area (Å²) in [6.45, 7) is 6.03. The molecule has 0 radical (unpaired) electrons. The minimum atomic E-state index is -1.20. The highest BCUT2D eigenvalue weighted by Crippen LogP contribution is 2.35. The lowest BCUT2D eigenvalue weighted by Crippen LogP contribution is -2.48. The summed E-state index contributed by atoms with van der Waals surface area (Å²) in [5.74, 6) is 4.26. The molecule has 1 saturated heterocycles. The number of aliphatic hydroxyl groups is 1. The molecule has 1 aromatic heterocycles. The zero-order chi connectivity index (χ0) is 25.1. The number of pyridine rings is 1. The van der Waals surface area contributed by atoms with Crippen molar-refractivity contribution in [1.29, 1.82) is 0 Å². The van der Waals surface area contributed by atoms with E-state index in [2.05, 4.69) is 32.8 Å². The van der Waals surface area contributed by atoms with Gasteiger partial charge in [-0.15, -0.1) is 0 Å². The molecule has 1 aliphatic rings. The Morgan fingerprint density at radius 3 is 2.41 bits per heavy atom. The fraction of sp³-hybridized carbons (Fsp3) is 0.440. The van der Waals surface area contributed by atoms with Crippen LogP contribution in [0, 0.1) is 23.5 Å². The third kappa shape index (κ3) is 6.53. The van der Waals surface area contributed by atoms with Gasteiger partial charge in [0.25, 0.3) is 0 Å².